The normalized spacial score (nSPS) is 17.1. The highest BCUT2D eigenvalue weighted by Gasteiger charge is 2.32. The van der Waals surface area contributed by atoms with Gasteiger partial charge in [0.2, 0.25) is 22.7 Å². The minimum atomic E-state index is -3.53. The fraction of sp³-hybridized carbons (Fsp3) is 0.381. The molecule has 0 spiro atoms. The van der Waals surface area contributed by atoms with Crippen molar-refractivity contribution in [2.24, 2.45) is 5.92 Å². The molecule has 0 unspecified atom stereocenters. The van der Waals surface area contributed by atoms with Crippen LogP contribution in [0.3, 0.4) is 0 Å². The first kappa shape index (κ1) is 21.0. The third-order valence-corrected chi connectivity index (χ3v) is 8.08. The summed E-state index contributed by atoms with van der Waals surface area (Å²) in [7, 11) is -3.53. The molecule has 4 rings (SSSR count). The third kappa shape index (κ3) is 4.43. The zero-order chi connectivity index (χ0) is 21.1. The summed E-state index contributed by atoms with van der Waals surface area (Å²) < 4.78 is 37.8. The molecule has 0 aliphatic carbocycles. The average Bonchev–Trinajstić information content (AvgIpc) is 3.25. The maximum absolute atomic E-state index is 12.9. The van der Waals surface area contributed by atoms with Gasteiger partial charge in [-0.15, -0.1) is 11.8 Å². The first-order valence-electron chi connectivity index (χ1n) is 9.78. The van der Waals surface area contributed by atoms with Gasteiger partial charge in [-0.05, 0) is 61.1 Å². The molecule has 9 heteroatoms. The number of nitrogens with one attached hydrogen (secondary N) is 1. The molecule has 2 heterocycles. The summed E-state index contributed by atoms with van der Waals surface area (Å²) in [6.07, 6.45) is 2.97. The number of hydrogen-bond donors (Lipinski definition) is 1. The van der Waals surface area contributed by atoms with Crippen LogP contribution in [0.15, 0.2) is 52.3 Å². The standard InChI is InChI=1S/C21H24N2O5S2/c1-29-17-3-5-18(6-4-17)30(25,26)23-10-8-16(9-11-23)21(24)22-13-15-2-7-19-20(12-15)28-14-27-19/h2-7,12,16H,8-11,13-14H2,1H3,(H,22,24). The maximum Gasteiger partial charge on any atom is 0.243 e. The third-order valence-electron chi connectivity index (χ3n) is 5.43. The maximum atomic E-state index is 12.9. The fourth-order valence-electron chi connectivity index (χ4n) is 3.64. The van der Waals surface area contributed by atoms with Gasteiger partial charge in [-0.1, -0.05) is 6.07 Å². The quantitative estimate of drug-likeness (QED) is 0.684. The van der Waals surface area contributed by atoms with E-state index < -0.39 is 10.0 Å². The molecule has 30 heavy (non-hydrogen) atoms. The molecule has 160 valence electrons. The minimum Gasteiger partial charge on any atom is -0.454 e. The lowest BCUT2D eigenvalue weighted by atomic mass is 9.97. The van der Waals surface area contributed by atoms with Crippen molar-refractivity contribution in [3.05, 3.63) is 48.0 Å². The molecule has 1 amide bonds. The number of ether oxygens (including phenoxy) is 2. The second-order valence-electron chi connectivity index (χ2n) is 7.26. The van der Waals surface area contributed by atoms with Gasteiger partial charge in [-0.2, -0.15) is 4.31 Å². The van der Waals surface area contributed by atoms with Crippen molar-refractivity contribution < 1.29 is 22.7 Å². The number of carbonyl (C=O) groups excluding carboxylic acids is 1. The summed E-state index contributed by atoms with van der Waals surface area (Å²) in [4.78, 5) is 13.9. The number of nitrogens with zero attached hydrogens (tertiary/aromatic N) is 1. The number of rotatable bonds is 6. The number of piperidine rings is 1. The topological polar surface area (TPSA) is 84.9 Å². The van der Waals surface area contributed by atoms with E-state index in [-0.39, 0.29) is 18.6 Å². The van der Waals surface area contributed by atoms with Gasteiger partial charge in [0.25, 0.3) is 0 Å². The number of thioether (sulfide) groups is 1. The summed E-state index contributed by atoms with van der Waals surface area (Å²) in [6, 6.07) is 12.5. The average molecular weight is 449 g/mol. The van der Waals surface area contributed by atoms with E-state index in [2.05, 4.69) is 5.32 Å². The van der Waals surface area contributed by atoms with Gasteiger partial charge in [0.05, 0.1) is 4.90 Å². The number of amides is 1. The van der Waals surface area contributed by atoms with E-state index in [4.69, 9.17) is 9.47 Å². The molecule has 7 nitrogen and oxygen atoms in total. The van der Waals surface area contributed by atoms with Crippen molar-refractivity contribution in [2.75, 3.05) is 26.1 Å². The highest BCUT2D eigenvalue weighted by atomic mass is 32.2. The van der Waals surface area contributed by atoms with Crippen LogP contribution >= 0.6 is 11.8 Å². The second kappa shape index (κ2) is 8.87. The number of fused-ring (bicyclic) bond motifs is 1. The molecule has 2 aromatic rings. The van der Waals surface area contributed by atoms with Crippen LogP contribution in [0.25, 0.3) is 0 Å². The monoisotopic (exact) mass is 448 g/mol. The second-order valence-corrected chi connectivity index (χ2v) is 10.1. The van der Waals surface area contributed by atoms with Gasteiger partial charge < -0.3 is 14.8 Å². The molecule has 0 aromatic heterocycles. The number of benzene rings is 2. The van der Waals surface area contributed by atoms with Crippen LogP contribution in [-0.2, 0) is 21.4 Å². The molecule has 0 saturated carbocycles. The fourth-order valence-corrected chi connectivity index (χ4v) is 5.52. The van der Waals surface area contributed by atoms with Crippen LogP contribution in [0.4, 0.5) is 0 Å². The van der Waals surface area contributed by atoms with E-state index in [0.29, 0.717) is 48.9 Å². The molecule has 2 aromatic carbocycles. The first-order chi connectivity index (χ1) is 14.5. The molecule has 0 radical (unpaired) electrons. The van der Waals surface area contributed by atoms with Crippen molar-refractivity contribution in [1.29, 1.82) is 0 Å². The molecule has 1 N–H and O–H groups in total. The first-order valence-corrected chi connectivity index (χ1v) is 12.4. The smallest absolute Gasteiger partial charge is 0.243 e. The molecule has 0 bridgehead atoms. The Kier molecular flexibility index (Phi) is 6.21. The zero-order valence-electron chi connectivity index (χ0n) is 16.7. The highest BCUT2D eigenvalue weighted by molar-refractivity contribution is 7.98. The van der Waals surface area contributed by atoms with Crippen LogP contribution < -0.4 is 14.8 Å². The zero-order valence-corrected chi connectivity index (χ0v) is 18.3. The highest BCUT2D eigenvalue weighted by Crippen LogP contribution is 2.32. The number of hydrogen-bond acceptors (Lipinski definition) is 6. The summed E-state index contributed by atoms with van der Waals surface area (Å²) in [5.41, 5.74) is 0.932. The number of sulfonamides is 1. The summed E-state index contributed by atoms with van der Waals surface area (Å²) in [5.74, 6) is 1.16. The van der Waals surface area contributed by atoms with Crippen molar-refractivity contribution >= 4 is 27.7 Å². The molecule has 2 aliphatic heterocycles. The van der Waals surface area contributed by atoms with Gasteiger partial charge in [-0.25, -0.2) is 8.42 Å². The lowest BCUT2D eigenvalue weighted by molar-refractivity contribution is -0.126. The van der Waals surface area contributed by atoms with Crippen molar-refractivity contribution in [1.82, 2.24) is 9.62 Å². The summed E-state index contributed by atoms with van der Waals surface area (Å²) >= 11 is 1.57. The Morgan fingerprint density at radius 1 is 1.10 bits per heavy atom. The molecule has 1 fully saturated rings. The Morgan fingerprint density at radius 3 is 2.50 bits per heavy atom. The van der Waals surface area contributed by atoms with E-state index >= 15 is 0 Å². The van der Waals surface area contributed by atoms with Gasteiger partial charge >= 0.3 is 0 Å². The van der Waals surface area contributed by atoms with E-state index in [1.807, 2.05) is 36.6 Å². The minimum absolute atomic E-state index is 0.0472. The van der Waals surface area contributed by atoms with Crippen molar-refractivity contribution in [2.45, 2.75) is 29.2 Å². The van der Waals surface area contributed by atoms with Crippen LogP contribution in [0, 0.1) is 5.92 Å². The van der Waals surface area contributed by atoms with Crippen molar-refractivity contribution in [3.63, 3.8) is 0 Å². The SMILES string of the molecule is CSc1ccc(S(=O)(=O)N2CCC(C(=O)NCc3ccc4c(c3)OCO4)CC2)cc1. The Balaban J connectivity index is 1.30. The van der Waals surface area contributed by atoms with Crippen LogP contribution in [-0.4, -0.2) is 44.8 Å². The van der Waals surface area contributed by atoms with E-state index in [0.717, 1.165) is 10.5 Å². The van der Waals surface area contributed by atoms with Gasteiger partial charge in [0, 0.05) is 30.4 Å². The molecule has 1 saturated heterocycles. The summed E-state index contributed by atoms with van der Waals surface area (Å²) in [5, 5.41) is 2.95. The Morgan fingerprint density at radius 2 is 1.80 bits per heavy atom. The van der Waals surface area contributed by atoms with E-state index in [9.17, 15) is 13.2 Å². The molecular weight excluding hydrogens is 424 g/mol. The molecule has 0 atom stereocenters. The van der Waals surface area contributed by atoms with Gasteiger partial charge in [0.1, 0.15) is 0 Å². The summed E-state index contributed by atoms with van der Waals surface area (Å²) in [6.45, 7) is 1.30. The lowest BCUT2D eigenvalue weighted by Crippen LogP contribution is -2.42. The molecule has 2 aliphatic rings. The van der Waals surface area contributed by atoms with Gasteiger partial charge in [-0.3, -0.25) is 4.79 Å². The van der Waals surface area contributed by atoms with Crippen LogP contribution in [0.1, 0.15) is 18.4 Å². The largest absolute Gasteiger partial charge is 0.454 e. The predicted molar refractivity (Wildman–Crippen MR) is 114 cm³/mol. The van der Waals surface area contributed by atoms with Crippen molar-refractivity contribution in [3.8, 4) is 11.5 Å². The Hall–Kier alpha value is -2.23. The van der Waals surface area contributed by atoms with E-state index in [1.54, 1.807) is 23.9 Å². The molecular formula is C21H24N2O5S2. The number of carbonyl (C=O) groups is 1. The van der Waals surface area contributed by atoms with E-state index in [1.165, 1.54) is 4.31 Å². The van der Waals surface area contributed by atoms with Crippen LogP contribution in [0.2, 0.25) is 0 Å². The predicted octanol–water partition coefficient (Wildman–Crippen LogP) is 2.85. The Labute approximate surface area is 180 Å². The van der Waals surface area contributed by atoms with Gasteiger partial charge in [0.15, 0.2) is 11.5 Å². The lowest BCUT2D eigenvalue weighted by Gasteiger charge is -2.30. The Bertz CT molecular complexity index is 1020. The van der Waals surface area contributed by atoms with Crippen LogP contribution in [0.5, 0.6) is 11.5 Å².